The molecule has 86 valence electrons. The molecule has 0 spiro atoms. The Labute approximate surface area is 92.4 Å². The van der Waals surface area contributed by atoms with E-state index in [-0.39, 0.29) is 11.7 Å². The van der Waals surface area contributed by atoms with E-state index in [0.717, 1.165) is 0 Å². The van der Waals surface area contributed by atoms with Crippen LogP contribution in [0.2, 0.25) is 0 Å². The second-order valence-electron chi connectivity index (χ2n) is 3.56. The highest BCUT2D eigenvalue weighted by atomic mass is 19.1. The van der Waals surface area contributed by atoms with Crippen LogP contribution >= 0.6 is 0 Å². The molecule has 2 rings (SSSR count). The average Bonchev–Trinajstić information content (AvgIpc) is 2.31. The van der Waals surface area contributed by atoms with Gasteiger partial charge in [0, 0.05) is 19.0 Å². The summed E-state index contributed by atoms with van der Waals surface area (Å²) < 4.78 is 23.4. The maximum Gasteiger partial charge on any atom is 0.343 e. The quantitative estimate of drug-likeness (QED) is 0.566. The first-order chi connectivity index (χ1) is 7.77. The molecular formula is C11H12FNO3. The Balaban J connectivity index is 2.00. The minimum absolute atomic E-state index is 0.117. The van der Waals surface area contributed by atoms with Gasteiger partial charge in [-0.25, -0.2) is 9.78 Å². The molecule has 16 heavy (non-hydrogen) atoms. The first-order valence-corrected chi connectivity index (χ1v) is 5.16. The third-order valence-electron chi connectivity index (χ3n) is 2.42. The van der Waals surface area contributed by atoms with Crippen molar-refractivity contribution < 1.29 is 18.7 Å². The van der Waals surface area contributed by atoms with Gasteiger partial charge in [0.15, 0.2) is 0 Å². The molecule has 0 aromatic carbocycles. The number of pyridine rings is 1. The van der Waals surface area contributed by atoms with Crippen LogP contribution in [0.25, 0.3) is 0 Å². The number of esters is 1. The number of halogens is 1. The molecule has 0 unspecified atom stereocenters. The maximum absolute atomic E-state index is 13.2. The number of carbonyl (C=O) groups excluding carboxylic acids is 1. The molecule has 1 aromatic heterocycles. The minimum atomic E-state index is -0.792. The van der Waals surface area contributed by atoms with Crippen molar-refractivity contribution in [3.8, 4) is 0 Å². The first-order valence-electron chi connectivity index (χ1n) is 5.16. The predicted octanol–water partition coefficient (Wildman–Crippen LogP) is 1.56. The van der Waals surface area contributed by atoms with Crippen LogP contribution in [0.3, 0.4) is 0 Å². The monoisotopic (exact) mass is 225 g/mol. The Morgan fingerprint density at radius 2 is 2.25 bits per heavy atom. The lowest BCUT2D eigenvalue weighted by atomic mass is 10.1. The molecule has 2 heterocycles. The molecule has 0 aliphatic carbocycles. The molecule has 0 radical (unpaired) electrons. The number of hydrogen-bond acceptors (Lipinski definition) is 4. The van der Waals surface area contributed by atoms with Gasteiger partial charge in [0.2, 0.25) is 5.95 Å². The molecule has 0 saturated carbocycles. The molecular weight excluding hydrogens is 213 g/mol. The Kier molecular flexibility index (Phi) is 3.46. The average molecular weight is 225 g/mol. The van der Waals surface area contributed by atoms with E-state index in [1.807, 2.05) is 0 Å². The van der Waals surface area contributed by atoms with Crippen LogP contribution in [0.15, 0.2) is 18.3 Å². The van der Waals surface area contributed by atoms with E-state index in [4.69, 9.17) is 9.47 Å². The normalized spacial score (nSPS) is 17.1. The lowest BCUT2D eigenvalue weighted by molar-refractivity contribution is -0.0162. The summed E-state index contributed by atoms with van der Waals surface area (Å²) in [5.74, 6) is -1.45. The zero-order valence-corrected chi connectivity index (χ0v) is 8.69. The lowest BCUT2D eigenvalue weighted by Gasteiger charge is -2.22. The molecule has 1 aromatic rings. The van der Waals surface area contributed by atoms with E-state index >= 15 is 0 Å². The summed E-state index contributed by atoms with van der Waals surface area (Å²) in [5.41, 5.74) is -0.117. The van der Waals surface area contributed by atoms with E-state index in [2.05, 4.69) is 4.98 Å². The fourth-order valence-corrected chi connectivity index (χ4v) is 1.55. The van der Waals surface area contributed by atoms with Gasteiger partial charge in [-0.05, 0) is 12.1 Å². The van der Waals surface area contributed by atoms with Gasteiger partial charge in [-0.2, -0.15) is 4.39 Å². The zero-order chi connectivity index (χ0) is 11.4. The zero-order valence-electron chi connectivity index (χ0n) is 8.69. The highest BCUT2D eigenvalue weighted by Gasteiger charge is 2.21. The fourth-order valence-electron chi connectivity index (χ4n) is 1.55. The van der Waals surface area contributed by atoms with Crippen LogP contribution in [0.4, 0.5) is 4.39 Å². The number of aromatic nitrogens is 1. The molecule has 0 atom stereocenters. The molecule has 1 saturated heterocycles. The molecule has 0 amide bonds. The van der Waals surface area contributed by atoms with Crippen molar-refractivity contribution in [1.29, 1.82) is 0 Å². The summed E-state index contributed by atoms with van der Waals surface area (Å²) >= 11 is 0. The fraction of sp³-hybridized carbons (Fsp3) is 0.455. The number of hydrogen-bond donors (Lipinski definition) is 0. The largest absolute Gasteiger partial charge is 0.458 e. The van der Waals surface area contributed by atoms with E-state index < -0.39 is 11.9 Å². The molecule has 5 heteroatoms. The minimum Gasteiger partial charge on any atom is -0.458 e. The highest BCUT2D eigenvalue weighted by molar-refractivity contribution is 5.89. The van der Waals surface area contributed by atoms with Crippen LogP contribution in [-0.4, -0.2) is 30.3 Å². The predicted molar refractivity (Wildman–Crippen MR) is 53.5 cm³/mol. The van der Waals surface area contributed by atoms with Crippen molar-refractivity contribution in [1.82, 2.24) is 4.98 Å². The van der Waals surface area contributed by atoms with E-state index in [0.29, 0.717) is 26.1 Å². The van der Waals surface area contributed by atoms with E-state index in [1.165, 1.54) is 18.3 Å². The van der Waals surface area contributed by atoms with Crippen LogP contribution in [-0.2, 0) is 9.47 Å². The van der Waals surface area contributed by atoms with E-state index in [9.17, 15) is 9.18 Å². The van der Waals surface area contributed by atoms with Crippen molar-refractivity contribution in [2.45, 2.75) is 18.9 Å². The Hall–Kier alpha value is -1.49. The van der Waals surface area contributed by atoms with Gasteiger partial charge in [0.25, 0.3) is 0 Å². The van der Waals surface area contributed by atoms with Crippen molar-refractivity contribution in [3.63, 3.8) is 0 Å². The number of ether oxygens (including phenoxy) is 2. The number of carbonyl (C=O) groups is 1. The molecule has 4 nitrogen and oxygen atoms in total. The van der Waals surface area contributed by atoms with Crippen LogP contribution in [0, 0.1) is 5.95 Å². The highest BCUT2D eigenvalue weighted by Crippen LogP contribution is 2.14. The van der Waals surface area contributed by atoms with Crippen molar-refractivity contribution >= 4 is 5.97 Å². The van der Waals surface area contributed by atoms with Gasteiger partial charge < -0.3 is 9.47 Å². The second kappa shape index (κ2) is 5.03. The van der Waals surface area contributed by atoms with Crippen LogP contribution < -0.4 is 0 Å². The number of nitrogens with zero attached hydrogens (tertiary/aromatic N) is 1. The molecule has 0 N–H and O–H groups in total. The molecule has 1 fully saturated rings. The topological polar surface area (TPSA) is 48.4 Å². The van der Waals surface area contributed by atoms with Gasteiger partial charge in [0.05, 0.1) is 13.2 Å². The summed E-state index contributed by atoms with van der Waals surface area (Å²) in [4.78, 5) is 15.0. The smallest absolute Gasteiger partial charge is 0.343 e. The Bertz CT molecular complexity index is 377. The van der Waals surface area contributed by atoms with Gasteiger partial charge in [-0.15, -0.1) is 0 Å². The van der Waals surface area contributed by atoms with Crippen molar-refractivity contribution in [2.24, 2.45) is 0 Å². The SMILES string of the molecule is O=C(OC1CCOCC1)c1cccnc1F. The van der Waals surface area contributed by atoms with Crippen LogP contribution in [0.1, 0.15) is 23.2 Å². The Morgan fingerprint density at radius 3 is 2.94 bits per heavy atom. The van der Waals surface area contributed by atoms with Crippen molar-refractivity contribution in [2.75, 3.05) is 13.2 Å². The lowest BCUT2D eigenvalue weighted by Crippen LogP contribution is -2.26. The summed E-state index contributed by atoms with van der Waals surface area (Å²) in [5, 5.41) is 0. The van der Waals surface area contributed by atoms with E-state index in [1.54, 1.807) is 0 Å². The molecule has 1 aliphatic rings. The molecule has 0 bridgehead atoms. The molecule has 1 aliphatic heterocycles. The maximum atomic E-state index is 13.2. The third kappa shape index (κ3) is 2.55. The first kappa shape index (κ1) is 11.0. The Morgan fingerprint density at radius 1 is 1.50 bits per heavy atom. The summed E-state index contributed by atoms with van der Waals surface area (Å²) in [7, 11) is 0. The van der Waals surface area contributed by atoms with Gasteiger partial charge in [-0.3, -0.25) is 0 Å². The standard InChI is InChI=1S/C11H12FNO3/c12-10-9(2-1-5-13-10)11(14)16-8-3-6-15-7-4-8/h1-2,5,8H,3-4,6-7H2. The van der Waals surface area contributed by atoms with Gasteiger partial charge in [0.1, 0.15) is 11.7 Å². The summed E-state index contributed by atoms with van der Waals surface area (Å²) in [6, 6.07) is 2.87. The van der Waals surface area contributed by atoms with Crippen LogP contribution in [0.5, 0.6) is 0 Å². The van der Waals surface area contributed by atoms with Gasteiger partial charge >= 0.3 is 5.97 Å². The summed E-state index contributed by atoms with van der Waals surface area (Å²) in [6.07, 6.45) is 2.43. The third-order valence-corrected chi connectivity index (χ3v) is 2.42. The van der Waals surface area contributed by atoms with Crippen molar-refractivity contribution in [3.05, 3.63) is 29.8 Å². The van der Waals surface area contributed by atoms with Gasteiger partial charge in [-0.1, -0.05) is 0 Å². The summed E-state index contributed by atoms with van der Waals surface area (Å²) in [6.45, 7) is 1.15. The number of rotatable bonds is 2. The second-order valence-corrected chi connectivity index (χ2v) is 3.56.